The number of likely N-dealkylation sites (tertiary alicyclic amines) is 1. The molecule has 2 aromatic carbocycles. The molecule has 0 bridgehead atoms. The number of benzene rings is 2. The number of esters is 1. The van der Waals surface area contributed by atoms with Crippen LogP contribution in [0.2, 0.25) is 0 Å². The van der Waals surface area contributed by atoms with Gasteiger partial charge >= 0.3 is 11.6 Å². The van der Waals surface area contributed by atoms with Crippen LogP contribution < -0.4 is 10.9 Å². The van der Waals surface area contributed by atoms with Gasteiger partial charge in [-0.2, -0.15) is 0 Å². The number of carbonyl (C=O) groups excluding carboxylic acids is 4. The Morgan fingerprint density at radius 2 is 1.70 bits per heavy atom. The van der Waals surface area contributed by atoms with Crippen LogP contribution in [0.1, 0.15) is 41.3 Å². The molecule has 1 fully saturated rings. The molecule has 0 radical (unpaired) electrons. The van der Waals surface area contributed by atoms with E-state index in [0.717, 1.165) is 5.56 Å². The number of fused-ring (bicyclic) bond motifs is 1. The van der Waals surface area contributed by atoms with Crippen molar-refractivity contribution >= 4 is 40.3 Å². The van der Waals surface area contributed by atoms with Crippen molar-refractivity contribution in [3.8, 4) is 0 Å². The van der Waals surface area contributed by atoms with E-state index in [1.807, 2.05) is 0 Å². The van der Waals surface area contributed by atoms with Crippen molar-refractivity contribution in [1.29, 1.82) is 0 Å². The van der Waals surface area contributed by atoms with Gasteiger partial charge in [-0.15, -0.1) is 0 Å². The molecule has 1 N–H and O–H groups in total. The summed E-state index contributed by atoms with van der Waals surface area (Å²) in [6.45, 7) is 1.38. The molecule has 0 saturated carbocycles. The van der Waals surface area contributed by atoms with Gasteiger partial charge in [-0.1, -0.05) is 12.1 Å². The first-order valence-corrected chi connectivity index (χ1v) is 10.2. The average Bonchev–Trinajstić information content (AvgIpc) is 3.09. The summed E-state index contributed by atoms with van der Waals surface area (Å²) in [7, 11) is 0. The van der Waals surface area contributed by atoms with Gasteiger partial charge in [0.15, 0.2) is 0 Å². The lowest BCUT2D eigenvalue weighted by Gasteiger charge is -2.14. The van der Waals surface area contributed by atoms with E-state index in [1.54, 1.807) is 36.4 Å². The van der Waals surface area contributed by atoms with Gasteiger partial charge < -0.3 is 14.5 Å². The van der Waals surface area contributed by atoms with Crippen molar-refractivity contribution in [1.82, 2.24) is 4.90 Å². The van der Waals surface area contributed by atoms with Gasteiger partial charge in [0.2, 0.25) is 17.7 Å². The Balaban J connectivity index is 1.45. The van der Waals surface area contributed by atoms with Gasteiger partial charge in [-0.3, -0.25) is 19.3 Å². The lowest BCUT2D eigenvalue weighted by molar-refractivity contribution is -0.139. The molecule has 9 heteroatoms. The molecule has 0 atom stereocenters. The molecule has 0 aliphatic carbocycles. The lowest BCUT2D eigenvalue weighted by Crippen LogP contribution is -2.28. The van der Waals surface area contributed by atoms with Crippen molar-refractivity contribution in [2.24, 2.45) is 0 Å². The van der Waals surface area contributed by atoms with Crippen LogP contribution in [0.15, 0.2) is 57.7 Å². The minimum Gasteiger partial charge on any atom is -0.457 e. The molecule has 4 rings (SSSR count). The van der Waals surface area contributed by atoms with E-state index >= 15 is 0 Å². The average molecular weight is 448 g/mol. The minimum atomic E-state index is -0.608. The molecule has 1 saturated heterocycles. The first kappa shape index (κ1) is 21.9. The van der Waals surface area contributed by atoms with E-state index < -0.39 is 11.6 Å². The lowest BCUT2D eigenvalue weighted by atomic mass is 10.1. The number of rotatable bonds is 6. The summed E-state index contributed by atoms with van der Waals surface area (Å²) in [5, 5.41) is 3.19. The number of nitrogens with one attached hydrogen (secondary N) is 1. The zero-order valence-corrected chi connectivity index (χ0v) is 17.8. The maximum Gasteiger partial charge on any atom is 0.338 e. The Morgan fingerprint density at radius 1 is 1.00 bits per heavy atom. The van der Waals surface area contributed by atoms with E-state index in [2.05, 4.69) is 5.32 Å². The molecule has 1 aliphatic heterocycles. The van der Waals surface area contributed by atoms with E-state index in [-0.39, 0.29) is 54.9 Å². The van der Waals surface area contributed by atoms with Crippen LogP contribution in [0, 0.1) is 0 Å². The van der Waals surface area contributed by atoms with E-state index in [4.69, 9.17) is 9.15 Å². The second-order valence-electron chi connectivity index (χ2n) is 7.63. The highest BCUT2D eigenvalue weighted by Crippen LogP contribution is 2.22. The first-order chi connectivity index (χ1) is 15.8. The predicted molar refractivity (Wildman–Crippen MR) is 117 cm³/mol. The quantitative estimate of drug-likeness (QED) is 0.349. The Morgan fingerprint density at radius 3 is 2.36 bits per heavy atom. The van der Waals surface area contributed by atoms with Gasteiger partial charge in [0, 0.05) is 48.5 Å². The summed E-state index contributed by atoms with van der Waals surface area (Å²) in [5.74, 6) is -1.25. The summed E-state index contributed by atoms with van der Waals surface area (Å²) < 4.78 is 10.6. The van der Waals surface area contributed by atoms with Crippen molar-refractivity contribution in [2.45, 2.75) is 32.9 Å². The molecule has 1 aliphatic rings. The van der Waals surface area contributed by atoms with Crippen LogP contribution in [0.25, 0.3) is 11.0 Å². The van der Waals surface area contributed by atoms with E-state index in [9.17, 15) is 24.0 Å². The molecule has 33 heavy (non-hydrogen) atoms. The van der Waals surface area contributed by atoms with Crippen molar-refractivity contribution in [3.63, 3.8) is 0 Å². The maximum absolute atomic E-state index is 12.5. The Labute approximate surface area is 187 Å². The number of imide groups is 1. The fraction of sp³-hybridized carbons (Fsp3) is 0.208. The van der Waals surface area contributed by atoms with Gasteiger partial charge in [-0.25, -0.2) is 9.59 Å². The Hall–Kier alpha value is -4.27. The molecule has 3 amide bonds. The van der Waals surface area contributed by atoms with Crippen LogP contribution in [-0.4, -0.2) is 28.6 Å². The summed E-state index contributed by atoms with van der Waals surface area (Å²) >= 11 is 0. The van der Waals surface area contributed by atoms with Gasteiger partial charge in [0.1, 0.15) is 12.2 Å². The van der Waals surface area contributed by atoms with Crippen LogP contribution >= 0.6 is 0 Å². The van der Waals surface area contributed by atoms with Crippen molar-refractivity contribution in [3.05, 3.63) is 75.6 Å². The standard InChI is InChI=1S/C24H20N2O7/c1-14(27)25-18-6-7-19-17(10-23(30)33-20(19)11-18)13-32-24(31)16-4-2-15(3-5-16)12-26-21(28)8-9-22(26)29/h2-7,10-11H,8-9,12-13H2,1H3,(H,25,27). The molecule has 0 unspecified atom stereocenters. The van der Waals surface area contributed by atoms with Gasteiger partial charge in [-0.05, 0) is 29.8 Å². The summed E-state index contributed by atoms with van der Waals surface area (Å²) in [5.41, 5.74) is 1.60. The van der Waals surface area contributed by atoms with E-state index in [1.165, 1.54) is 24.0 Å². The third kappa shape index (κ3) is 4.98. The summed E-state index contributed by atoms with van der Waals surface area (Å²) in [4.78, 5) is 60.4. The summed E-state index contributed by atoms with van der Waals surface area (Å²) in [6.07, 6.45) is 0.453. The van der Waals surface area contributed by atoms with Crippen LogP contribution in [0.5, 0.6) is 0 Å². The van der Waals surface area contributed by atoms with Gasteiger partial charge in [0.25, 0.3) is 0 Å². The second-order valence-corrected chi connectivity index (χ2v) is 7.63. The van der Waals surface area contributed by atoms with Gasteiger partial charge in [0.05, 0.1) is 12.1 Å². The molecule has 168 valence electrons. The van der Waals surface area contributed by atoms with Crippen molar-refractivity contribution < 1.29 is 28.3 Å². The molecular weight excluding hydrogens is 428 g/mol. The normalized spacial score (nSPS) is 13.4. The van der Waals surface area contributed by atoms with Crippen LogP contribution in [0.4, 0.5) is 5.69 Å². The summed E-state index contributed by atoms with van der Waals surface area (Å²) in [6, 6.07) is 12.5. The van der Waals surface area contributed by atoms with Crippen LogP contribution in [0.3, 0.4) is 0 Å². The Kier molecular flexibility index (Phi) is 6.03. The monoisotopic (exact) mass is 448 g/mol. The number of anilines is 1. The minimum absolute atomic E-state index is 0.154. The fourth-order valence-electron chi connectivity index (χ4n) is 3.59. The Bertz CT molecular complexity index is 1310. The third-order valence-corrected chi connectivity index (χ3v) is 5.19. The molecule has 0 spiro atoms. The molecule has 9 nitrogen and oxygen atoms in total. The fourth-order valence-corrected chi connectivity index (χ4v) is 3.59. The number of carbonyl (C=O) groups is 4. The highest BCUT2D eigenvalue weighted by atomic mass is 16.5. The number of hydrogen-bond donors (Lipinski definition) is 1. The van der Waals surface area contributed by atoms with Crippen molar-refractivity contribution in [2.75, 3.05) is 5.32 Å². The second kappa shape index (κ2) is 9.07. The largest absolute Gasteiger partial charge is 0.457 e. The first-order valence-electron chi connectivity index (χ1n) is 10.2. The number of ether oxygens (including phenoxy) is 1. The van der Waals surface area contributed by atoms with E-state index in [0.29, 0.717) is 16.6 Å². The zero-order chi connectivity index (χ0) is 23.5. The SMILES string of the molecule is CC(=O)Nc1ccc2c(COC(=O)c3ccc(CN4C(=O)CCC4=O)cc3)cc(=O)oc2c1. The highest BCUT2D eigenvalue weighted by molar-refractivity contribution is 6.01. The third-order valence-electron chi connectivity index (χ3n) is 5.19. The predicted octanol–water partition coefficient (Wildman–Crippen LogP) is 2.76. The highest BCUT2D eigenvalue weighted by Gasteiger charge is 2.28. The topological polar surface area (TPSA) is 123 Å². The zero-order valence-electron chi connectivity index (χ0n) is 17.8. The molecule has 1 aromatic heterocycles. The number of hydrogen-bond acceptors (Lipinski definition) is 7. The maximum atomic E-state index is 12.5. The number of amides is 3. The smallest absolute Gasteiger partial charge is 0.338 e. The molecular formula is C24H20N2O7. The number of nitrogens with zero attached hydrogens (tertiary/aromatic N) is 1. The van der Waals surface area contributed by atoms with Crippen LogP contribution in [-0.2, 0) is 32.3 Å². The molecule has 3 aromatic rings. The molecule has 2 heterocycles.